The van der Waals surface area contributed by atoms with Crippen molar-refractivity contribution in [1.29, 1.82) is 0 Å². The van der Waals surface area contributed by atoms with Crippen molar-refractivity contribution >= 4 is 55.7 Å². The standard InChI is InChI=1S/C29H25N3/c1-30(2)25-13-8-14-26-29(25)31(3)27-18-22-11-6-7-12-23(22)19-28(27)32(26)24-16-15-20-9-4-5-10-21(20)17-24/h4-19H,1-3H3. The van der Waals surface area contributed by atoms with Gasteiger partial charge in [0.1, 0.15) is 0 Å². The lowest BCUT2D eigenvalue weighted by atomic mass is 10.0. The quantitative estimate of drug-likeness (QED) is 0.294. The van der Waals surface area contributed by atoms with Crippen molar-refractivity contribution in [3.8, 4) is 0 Å². The van der Waals surface area contributed by atoms with Gasteiger partial charge in [-0.25, -0.2) is 0 Å². The molecule has 5 aromatic rings. The molecule has 1 aliphatic heterocycles. The number of hydrogen-bond donors (Lipinski definition) is 0. The van der Waals surface area contributed by atoms with Crippen LogP contribution in [0.3, 0.4) is 0 Å². The molecule has 0 aromatic heterocycles. The van der Waals surface area contributed by atoms with Crippen LogP contribution in [0.2, 0.25) is 0 Å². The summed E-state index contributed by atoms with van der Waals surface area (Å²) in [6.45, 7) is 0. The molecule has 0 saturated carbocycles. The SMILES string of the molecule is CN(C)c1cccc2c1N(C)c1cc3ccccc3cc1N2c1ccc2ccccc2c1. The van der Waals surface area contributed by atoms with Crippen molar-refractivity contribution in [2.75, 3.05) is 35.8 Å². The second-order valence-electron chi connectivity index (χ2n) is 8.65. The van der Waals surface area contributed by atoms with Crippen LogP contribution >= 0.6 is 0 Å². The molecule has 0 amide bonds. The Kier molecular flexibility index (Phi) is 4.12. The molecule has 0 radical (unpaired) electrons. The maximum atomic E-state index is 2.41. The third-order valence-electron chi connectivity index (χ3n) is 6.49. The Morgan fingerprint density at radius 3 is 1.88 bits per heavy atom. The number of nitrogens with zero attached hydrogens (tertiary/aromatic N) is 3. The van der Waals surface area contributed by atoms with Gasteiger partial charge in [-0.15, -0.1) is 0 Å². The third-order valence-corrected chi connectivity index (χ3v) is 6.49. The van der Waals surface area contributed by atoms with Crippen molar-refractivity contribution in [1.82, 2.24) is 0 Å². The number of rotatable bonds is 2. The van der Waals surface area contributed by atoms with Crippen LogP contribution in [0.4, 0.5) is 34.1 Å². The van der Waals surface area contributed by atoms with E-state index in [1.807, 2.05) is 0 Å². The maximum Gasteiger partial charge on any atom is 0.0891 e. The fourth-order valence-corrected chi connectivity index (χ4v) is 4.91. The normalized spacial score (nSPS) is 12.7. The molecule has 0 saturated heterocycles. The molecule has 3 heteroatoms. The zero-order chi connectivity index (χ0) is 21.8. The monoisotopic (exact) mass is 415 g/mol. The summed E-state index contributed by atoms with van der Waals surface area (Å²) in [7, 11) is 6.40. The van der Waals surface area contributed by atoms with Gasteiger partial charge in [0.25, 0.3) is 0 Å². The molecule has 0 fully saturated rings. The summed E-state index contributed by atoms with van der Waals surface area (Å²) in [6.07, 6.45) is 0. The lowest BCUT2D eigenvalue weighted by Gasteiger charge is -2.40. The van der Waals surface area contributed by atoms with E-state index in [-0.39, 0.29) is 0 Å². The van der Waals surface area contributed by atoms with Crippen LogP contribution in [0.5, 0.6) is 0 Å². The first-order valence-corrected chi connectivity index (χ1v) is 11.0. The molecule has 0 unspecified atom stereocenters. The Morgan fingerprint density at radius 2 is 1.19 bits per heavy atom. The highest BCUT2D eigenvalue weighted by Crippen LogP contribution is 2.54. The van der Waals surface area contributed by atoms with E-state index in [2.05, 4.69) is 133 Å². The second kappa shape index (κ2) is 7.03. The number of anilines is 6. The predicted octanol–water partition coefficient (Wildman–Crippen LogP) is 7.61. The van der Waals surface area contributed by atoms with Gasteiger partial charge in [0.2, 0.25) is 0 Å². The summed E-state index contributed by atoms with van der Waals surface area (Å²) in [4.78, 5) is 6.94. The number of fused-ring (bicyclic) bond motifs is 4. The van der Waals surface area contributed by atoms with E-state index in [4.69, 9.17) is 0 Å². The number of para-hydroxylation sites is 1. The number of hydrogen-bond acceptors (Lipinski definition) is 3. The summed E-state index contributed by atoms with van der Waals surface area (Å²) < 4.78 is 0. The lowest BCUT2D eigenvalue weighted by molar-refractivity contribution is 1.08. The van der Waals surface area contributed by atoms with Gasteiger partial charge >= 0.3 is 0 Å². The molecule has 5 aromatic carbocycles. The summed E-state index contributed by atoms with van der Waals surface area (Å²) in [5.74, 6) is 0. The average Bonchev–Trinajstić information content (AvgIpc) is 2.82. The van der Waals surface area contributed by atoms with Crippen LogP contribution in [-0.4, -0.2) is 21.1 Å². The molecular weight excluding hydrogens is 390 g/mol. The zero-order valence-corrected chi connectivity index (χ0v) is 18.6. The molecule has 0 spiro atoms. The second-order valence-corrected chi connectivity index (χ2v) is 8.65. The zero-order valence-electron chi connectivity index (χ0n) is 18.6. The average molecular weight is 416 g/mol. The molecule has 0 N–H and O–H groups in total. The highest BCUT2D eigenvalue weighted by Gasteiger charge is 2.30. The fraction of sp³-hybridized carbons (Fsp3) is 0.103. The van der Waals surface area contributed by atoms with Crippen molar-refractivity contribution in [2.24, 2.45) is 0 Å². The molecule has 32 heavy (non-hydrogen) atoms. The summed E-state index contributed by atoms with van der Waals surface area (Å²) in [5.41, 5.74) is 7.19. The van der Waals surface area contributed by atoms with E-state index in [1.165, 1.54) is 55.7 Å². The van der Waals surface area contributed by atoms with Gasteiger partial charge in [0, 0.05) is 26.8 Å². The fourth-order valence-electron chi connectivity index (χ4n) is 4.91. The van der Waals surface area contributed by atoms with Crippen LogP contribution in [0.25, 0.3) is 21.5 Å². The first kappa shape index (κ1) is 18.8. The summed E-state index contributed by atoms with van der Waals surface area (Å²) in [6, 6.07) is 35.1. The van der Waals surface area contributed by atoms with Crippen molar-refractivity contribution in [3.63, 3.8) is 0 Å². The molecule has 0 aliphatic carbocycles. The van der Waals surface area contributed by atoms with Gasteiger partial charge < -0.3 is 14.7 Å². The van der Waals surface area contributed by atoms with Crippen LogP contribution in [-0.2, 0) is 0 Å². The van der Waals surface area contributed by atoms with E-state index in [0.29, 0.717) is 0 Å². The minimum Gasteiger partial charge on any atom is -0.376 e. The molecule has 156 valence electrons. The Labute approximate surface area is 188 Å². The summed E-state index contributed by atoms with van der Waals surface area (Å²) in [5, 5.41) is 5.00. The minimum atomic E-state index is 1.17. The highest BCUT2D eigenvalue weighted by molar-refractivity contribution is 6.06. The van der Waals surface area contributed by atoms with Crippen LogP contribution in [0, 0.1) is 0 Å². The predicted molar refractivity (Wildman–Crippen MR) is 139 cm³/mol. The van der Waals surface area contributed by atoms with Crippen molar-refractivity contribution in [3.05, 3.63) is 97.1 Å². The van der Waals surface area contributed by atoms with Crippen LogP contribution in [0.1, 0.15) is 0 Å². The highest BCUT2D eigenvalue weighted by atomic mass is 15.3. The molecule has 1 heterocycles. The Bertz CT molecular complexity index is 1490. The molecule has 6 rings (SSSR count). The van der Waals surface area contributed by atoms with E-state index in [1.54, 1.807) is 0 Å². The van der Waals surface area contributed by atoms with Gasteiger partial charge in [-0.2, -0.15) is 0 Å². The Hall–Kier alpha value is -3.98. The van der Waals surface area contributed by atoms with E-state index in [0.717, 1.165) is 0 Å². The largest absolute Gasteiger partial charge is 0.376 e. The smallest absolute Gasteiger partial charge is 0.0891 e. The van der Waals surface area contributed by atoms with Gasteiger partial charge in [0.05, 0.1) is 28.4 Å². The van der Waals surface area contributed by atoms with Gasteiger partial charge in [-0.05, 0) is 57.9 Å². The lowest BCUT2D eigenvalue weighted by Crippen LogP contribution is -2.26. The maximum absolute atomic E-state index is 2.41. The van der Waals surface area contributed by atoms with Crippen molar-refractivity contribution < 1.29 is 0 Å². The topological polar surface area (TPSA) is 9.72 Å². The Balaban J connectivity index is 1.68. The molecule has 3 nitrogen and oxygen atoms in total. The molecule has 0 atom stereocenters. The molecule has 0 bridgehead atoms. The van der Waals surface area contributed by atoms with E-state index in [9.17, 15) is 0 Å². The summed E-state index contributed by atoms with van der Waals surface area (Å²) >= 11 is 0. The van der Waals surface area contributed by atoms with E-state index < -0.39 is 0 Å². The first-order chi connectivity index (χ1) is 15.6. The molecular formula is C29H25N3. The van der Waals surface area contributed by atoms with Gasteiger partial charge in [-0.3, -0.25) is 0 Å². The van der Waals surface area contributed by atoms with E-state index >= 15 is 0 Å². The first-order valence-electron chi connectivity index (χ1n) is 11.0. The number of benzene rings is 5. The Morgan fingerprint density at radius 1 is 0.562 bits per heavy atom. The van der Waals surface area contributed by atoms with Gasteiger partial charge in [-0.1, -0.05) is 60.7 Å². The minimum absolute atomic E-state index is 1.17. The molecule has 1 aliphatic rings. The van der Waals surface area contributed by atoms with Crippen LogP contribution in [0.15, 0.2) is 97.1 Å². The van der Waals surface area contributed by atoms with Crippen molar-refractivity contribution in [2.45, 2.75) is 0 Å². The van der Waals surface area contributed by atoms with Crippen LogP contribution < -0.4 is 14.7 Å². The van der Waals surface area contributed by atoms with Gasteiger partial charge in [0.15, 0.2) is 0 Å². The third kappa shape index (κ3) is 2.75.